The molecule has 0 bridgehead atoms. The molecular weight excluding hydrogens is 388 g/mol. The van der Waals surface area contributed by atoms with E-state index in [1.54, 1.807) is 12.1 Å². The minimum Gasteiger partial charge on any atom is -0.478 e. The molecule has 0 amide bonds. The van der Waals surface area contributed by atoms with Gasteiger partial charge in [-0.05, 0) is 33.1 Å². The van der Waals surface area contributed by atoms with E-state index in [-0.39, 0.29) is 10.6 Å². The van der Waals surface area contributed by atoms with Gasteiger partial charge in [0, 0.05) is 0 Å². The molecule has 0 atom stereocenters. The number of rotatable bonds is 7. The van der Waals surface area contributed by atoms with Crippen LogP contribution in [0.5, 0.6) is 0 Å². The summed E-state index contributed by atoms with van der Waals surface area (Å²) in [4.78, 5) is 11.0. The molecule has 154 valence electrons. The van der Waals surface area contributed by atoms with Gasteiger partial charge in [-0.2, -0.15) is 0 Å². The molecule has 0 spiro atoms. The summed E-state index contributed by atoms with van der Waals surface area (Å²) in [5.41, 5.74) is 1.24. The second kappa shape index (κ2) is 9.24. The van der Waals surface area contributed by atoms with Gasteiger partial charge in [-0.1, -0.05) is 106 Å². The predicted octanol–water partition coefficient (Wildman–Crippen LogP) is 4.97. The fourth-order valence-corrected chi connectivity index (χ4v) is 8.36. The van der Waals surface area contributed by atoms with Crippen LogP contribution in [0.1, 0.15) is 36.7 Å². The number of benzene rings is 3. The van der Waals surface area contributed by atoms with Crippen molar-refractivity contribution in [3.05, 3.63) is 102 Å². The molecule has 0 heterocycles. The summed E-state index contributed by atoms with van der Waals surface area (Å²) < 4.78 is 6.81. The van der Waals surface area contributed by atoms with E-state index < -0.39 is 14.3 Å². The minimum absolute atomic E-state index is 0.0628. The number of aromatic carboxylic acids is 1. The molecule has 1 N–H and O–H groups in total. The summed E-state index contributed by atoms with van der Waals surface area (Å²) in [7, 11) is -2.54. The first-order valence-electron chi connectivity index (χ1n) is 10.1. The van der Waals surface area contributed by atoms with E-state index >= 15 is 0 Å². The SMILES string of the molecule is CC(C)(C)[Si](OC/C=C/c1ccc(C(=O)O)cc1)(c1ccccc1)c1ccccc1. The van der Waals surface area contributed by atoms with Crippen molar-refractivity contribution >= 4 is 30.7 Å². The molecule has 3 aromatic carbocycles. The van der Waals surface area contributed by atoms with Crippen molar-refractivity contribution in [1.29, 1.82) is 0 Å². The first-order chi connectivity index (χ1) is 14.3. The molecule has 3 aromatic rings. The van der Waals surface area contributed by atoms with E-state index in [9.17, 15) is 4.79 Å². The lowest BCUT2D eigenvalue weighted by Crippen LogP contribution is -2.66. The second-order valence-electron chi connectivity index (χ2n) is 8.30. The summed E-state index contributed by atoms with van der Waals surface area (Å²) in [5, 5.41) is 11.5. The number of carbonyl (C=O) groups is 1. The van der Waals surface area contributed by atoms with Crippen LogP contribution in [0.2, 0.25) is 5.04 Å². The highest BCUT2D eigenvalue weighted by atomic mass is 28.4. The monoisotopic (exact) mass is 416 g/mol. The van der Waals surface area contributed by atoms with Crippen LogP contribution < -0.4 is 10.4 Å². The van der Waals surface area contributed by atoms with Crippen molar-refractivity contribution < 1.29 is 14.3 Å². The summed E-state index contributed by atoms with van der Waals surface area (Å²) in [5.74, 6) is -0.916. The lowest BCUT2D eigenvalue weighted by atomic mass is 10.1. The third-order valence-corrected chi connectivity index (χ3v) is 10.3. The van der Waals surface area contributed by atoms with E-state index in [1.807, 2.05) is 36.4 Å². The molecule has 4 heteroatoms. The van der Waals surface area contributed by atoms with Gasteiger partial charge >= 0.3 is 5.97 Å². The zero-order valence-electron chi connectivity index (χ0n) is 17.7. The molecule has 3 nitrogen and oxygen atoms in total. The Hall–Kier alpha value is -2.95. The molecule has 0 saturated heterocycles. The van der Waals surface area contributed by atoms with Crippen molar-refractivity contribution in [2.24, 2.45) is 0 Å². The normalized spacial score (nSPS) is 12.2. The maximum Gasteiger partial charge on any atom is 0.335 e. The molecule has 3 rings (SSSR count). The van der Waals surface area contributed by atoms with Gasteiger partial charge in [-0.3, -0.25) is 0 Å². The van der Waals surface area contributed by atoms with E-state index in [0.717, 1.165) is 5.56 Å². The largest absolute Gasteiger partial charge is 0.478 e. The topological polar surface area (TPSA) is 46.5 Å². The maximum atomic E-state index is 11.0. The van der Waals surface area contributed by atoms with Gasteiger partial charge in [0.25, 0.3) is 8.32 Å². The Balaban J connectivity index is 1.91. The van der Waals surface area contributed by atoms with E-state index in [4.69, 9.17) is 9.53 Å². The van der Waals surface area contributed by atoms with Gasteiger partial charge in [0.1, 0.15) is 0 Å². The van der Waals surface area contributed by atoms with Crippen LogP contribution in [-0.2, 0) is 4.43 Å². The van der Waals surface area contributed by atoms with E-state index in [2.05, 4.69) is 69.3 Å². The zero-order valence-corrected chi connectivity index (χ0v) is 18.7. The fraction of sp³-hybridized carbons (Fsp3) is 0.192. The maximum absolute atomic E-state index is 11.0. The Bertz CT molecular complexity index is 948. The fourth-order valence-electron chi connectivity index (χ4n) is 3.86. The van der Waals surface area contributed by atoms with Gasteiger partial charge in [0.05, 0.1) is 12.2 Å². The van der Waals surface area contributed by atoms with Crippen LogP contribution in [0.25, 0.3) is 6.08 Å². The van der Waals surface area contributed by atoms with Crippen LogP contribution in [0.15, 0.2) is 91.0 Å². The van der Waals surface area contributed by atoms with Crippen molar-refractivity contribution in [3.8, 4) is 0 Å². The van der Waals surface area contributed by atoms with Crippen LogP contribution in [0, 0.1) is 0 Å². The minimum atomic E-state index is -2.54. The summed E-state index contributed by atoms with van der Waals surface area (Å²) in [6.07, 6.45) is 3.98. The highest BCUT2D eigenvalue weighted by Crippen LogP contribution is 2.36. The zero-order chi connectivity index (χ0) is 21.6. The Labute approximate surface area is 179 Å². The molecule has 0 aromatic heterocycles. The average Bonchev–Trinajstić information content (AvgIpc) is 2.74. The number of hydrogen-bond donors (Lipinski definition) is 1. The highest BCUT2D eigenvalue weighted by Gasteiger charge is 2.49. The Morgan fingerprint density at radius 1 is 0.867 bits per heavy atom. The quantitative estimate of drug-likeness (QED) is 0.553. The second-order valence-corrected chi connectivity index (χ2v) is 12.6. The van der Waals surface area contributed by atoms with Gasteiger partial charge in [-0.15, -0.1) is 0 Å². The predicted molar refractivity (Wildman–Crippen MR) is 126 cm³/mol. The van der Waals surface area contributed by atoms with Crippen LogP contribution in [0.3, 0.4) is 0 Å². The molecule has 0 radical (unpaired) electrons. The molecule has 0 saturated carbocycles. The Morgan fingerprint density at radius 2 is 1.37 bits per heavy atom. The number of carboxylic acid groups (broad SMARTS) is 1. The average molecular weight is 417 g/mol. The third-order valence-electron chi connectivity index (χ3n) is 5.28. The van der Waals surface area contributed by atoms with Crippen molar-refractivity contribution in [2.75, 3.05) is 6.61 Å². The molecule has 30 heavy (non-hydrogen) atoms. The standard InChI is InChI=1S/C26H28O3Si/c1-26(2,3)30(23-12-6-4-7-13-23,24-14-8-5-9-15-24)29-20-10-11-21-16-18-22(19-17-21)25(27)28/h4-19H,20H2,1-3H3,(H,27,28)/b11-10+. The van der Waals surface area contributed by atoms with Crippen LogP contribution in [0.4, 0.5) is 0 Å². The number of hydrogen-bond acceptors (Lipinski definition) is 2. The molecule has 0 unspecified atom stereocenters. The number of carboxylic acids is 1. The Kier molecular flexibility index (Phi) is 6.70. The molecular formula is C26H28O3Si. The molecule has 0 aliphatic carbocycles. The van der Waals surface area contributed by atoms with E-state index in [1.165, 1.54) is 10.4 Å². The lowest BCUT2D eigenvalue weighted by molar-refractivity contribution is 0.0697. The van der Waals surface area contributed by atoms with Crippen LogP contribution in [-0.4, -0.2) is 26.0 Å². The van der Waals surface area contributed by atoms with Crippen LogP contribution >= 0.6 is 0 Å². The van der Waals surface area contributed by atoms with Gasteiger partial charge in [0.2, 0.25) is 0 Å². The summed E-state index contributed by atoms with van der Waals surface area (Å²) in [6, 6.07) is 28.0. The Morgan fingerprint density at radius 3 is 1.80 bits per heavy atom. The van der Waals surface area contributed by atoms with E-state index in [0.29, 0.717) is 6.61 Å². The van der Waals surface area contributed by atoms with Crippen molar-refractivity contribution in [2.45, 2.75) is 25.8 Å². The summed E-state index contributed by atoms with van der Waals surface area (Å²) in [6.45, 7) is 7.25. The molecule has 0 aliphatic heterocycles. The van der Waals surface area contributed by atoms with Gasteiger partial charge < -0.3 is 9.53 Å². The van der Waals surface area contributed by atoms with Gasteiger partial charge in [-0.25, -0.2) is 4.79 Å². The molecule has 0 fully saturated rings. The summed E-state index contributed by atoms with van der Waals surface area (Å²) >= 11 is 0. The molecule has 0 aliphatic rings. The van der Waals surface area contributed by atoms with Crippen molar-refractivity contribution in [1.82, 2.24) is 0 Å². The third kappa shape index (κ3) is 4.61. The first-order valence-corrected chi connectivity index (χ1v) is 12.0. The van der Waals surface area contributed by atoms with Crippen molar-refractivity contribution in [3.63, 3.8) is 0 Å². The lowest BCUT2D eigenvalue weighted by Gasteiger charge is -2.42. The van der Waals surface area contributed by atoms with Gasteiger partial charge in [0.15, 0.2) is 0 Å². The smallest absolute Gasteiger partial charge is 0.335 e. The highest BCUT2D eigenvalue weighted by molar-refractivity contribution is 6.99. The first kappa shape index (κ1) is 21.7.